The van der Waals surface area contributed by atoms with Crippen LogP contribution >= 0.6 is 0 Å². The fraction of sp³-hybridized carbons (Fsp3) is 0.382. The number of nitrogens with one attached hydrogen (secondary N) is 2. The molecule has 2 atom stereocenters. The molecule has 0 radical (unpaired) electrons. The Morgan fingerprint density at radius 3 is 2.19 bits per heavy atom. The van der Waals surface area contributed by atoms with E-state index in [-0.39, 0.29) is 49.8 Å². The van der Waals surface area contributed by atoms with Crippen LogP contribution < -0.4 is 10.6 Å². The summed E-state index contributed by atoms with van der Waals surface area (Å²) < 4.78 is 10.3. The minimum absolute atomic E-state index is 0.0279. The van der Waals surface area contributed by atoms with Gasteiger partial charge in [0.25, 0.3) is 0 Å². The number of nitrogens with zero attached hydrogens (tertiary/aromatic N) is 1. The van der Waals surface area contributed by atoms with Crippen LogP contribution in [0.3, 0.4) is 0 Å². The van der Waals surface area contributed by atoms with Gasteiger partial charge in [-0.15, -0.1) is 0 Å². The highest BCUT2D eigenvalue weighted by Gasteiger charge is 2.22. The highest BCUT2D eigenvalue weighted by atomic mass is 16.5. The molecule has 0 fully saturated rings. The molecule has 9 heteroatoms. The molecule has 3 rings (SSSR count). The van der Waals surface area contributed by atoms with Crippen molar-refractivity contribution in [3.05, 3.63) is 90.3 Å². The third-order valence-corrected chi connectivity index (χ3v) is 6.87. The lowest BCUT2D eigenvalue weighted by atomic mass is 9.94. The quantitative estimate of drug-likeness (QED) is 0.177. The highest BCUT2D eigenvalue weighted by Crippen LogP contribution is 2.21. The van der Waals surface area contributed by atoms with Gasteiger partial charge in [-0.2, -0.15) is 0 Å². The monoisotopic (exact) mass is 587 g/mol. The van der Waals surface area contributed by atoms with Crippen LogP contribution in [0.2, 0.25) is 0 Å². The number of hydrogen-bond donors (Lipinski definition) is 2. The van der Waals surface area contributed by atoms with Crippen molar-refractivity contribution in [3.8, 4) is 11.1 Å². The van der Waals surface area contributed by atoms with Gasteiger partial charge in [-0.25, -0.2) is 0 Å². The lowest BCUT2D eigenvalue weighted by Crippen LogP contribution is -2.39. The molecule has 0 aliphatic carbocycles. The van der Waals surface area contributed by atoms with Crippen molar-refractivity contribution in [2.45, 2.75) is 58.4 Å². The Morgan fingerprint density at radius 1 is 0.791 bits per heavy atom. The van der Waals surface area contributed by atoms with E-state index >= 15 is 0 Å². The Bertz CT molecular complexity index is 1300. The van der Waals surface area contributed by atoms with Crippen LogP contribution in [0.25, 0.3) is 11.1 Å². The van der Waals surface area contributed by atoms with Crippen molar-refractivity contribution in [2.75, 3.05) is 19.8 Å². The summed E-state index contributed by atoms with van der Waals surface area (Å²) in [6.45, 7) is 4.06. The molecule has 0 unspecified atom stereocenters. The van der Waals surface area contributed by atoms with Gasteiger partial charge in [0, 0.05) is 31.3 Å². The zero-order valence-corrected chi connectivity index (χ0v) is 24.9. The molecule has 1 heterocycles. The van der Waals surface area contributed by atoms with Crippen molar-refractivity contribution in [1.82, 2.24) is 15.6 Å². The number of aromatic nitrogens is 1. The first kappa shape index (κ1) is 33.0. The first-order valence-corrected chi connectivity index (χ1v) is 14.8. The van der Waals surface area contributed by atoms with Crippen LogP contribution in [-0.4, -0.2) is 54.5 Å². The summed E-state index contributed by atoms with van der Waals surface area (Å²) in [6, 6.07) is 21.6. The van der Waals surface area contributed by atoms with Crippen molar-refractivity contribution in [1.29, 1.82) is 0 Å². The van der Waals surface area contributed by atoms with Crippen molar-refractivity contribution in [3.63, 3.8) is 0 Å². The third kappa shape index (κ3) is 12.5. The van der Waals surface area contributed by atoms with Crippen LogP contribution in [0, 0.1) is 5.92 Å². The minimum atomic E-state index is -0.519. The smallest absolute Gasteiger partial charge is 0.308 e. The second-order valence-corrected chi connectivity index (χ2v) is 10.3. The molecule has 0 aliphatic heterocycles. The van der Waals surface area contributed by atoms with Crippen molar-refractivity contribution >= 4 is 23.8 Å². The molecule has 1 aromatic heterocycles. The Kier molecular flexibility index (Phi) is 13.9. The number of amides is 2. The van der Waals surface area contributed by atoms with E-state index in [0.717, 1.165) is 22.3 Å². The Hall–Kier alpha value is -4.53. The van der Waals surface area contributed by atoms with Gasteiger partial charge in [0.15, 0.2) is 0 Å². The Morgan fingerprint density at radius 2 is 1.49 bits per heavy atom. The molecular formula is C34H41N3O6. The van der Waals surface area contributed by atoms with Gasteiger partial charge < -0.3 is 20.1 Å². The number of ether oxygens (including phenoxy) is 2. The summed E-state index contributed by atoms with van der Waals surface area (Å²) in [5.74, 6) is -1.67. The van der Waals surface area contributed by atoms with Crippen LogP contribution in [0.15, 0.2) is 79.1 Å². The number of aryl methyl sites for hydroxylation is 1. The van der Waals surface area contributed by atoms with E-state index in [4.69, 9.17) is 9.47 Å². The van der Waals surface area contributed by atoms with Crippen molar-refractivity contribution < 1.29 is 28.7 Å². The van der Waals surface area contributed by atoms with Gasteiger partial charge >= 0.3 is 11.9 Å². The van der Waals surface area contributed by atoms with E-state index in [1.54, 1.807) is 26.2 Å². The van der Waals surface area contributed by atoms with Gasteiger partial charge in [0.1, 0.15) is 6.61 Å². The van der Waals surface area contributed by atoms with Gasteiger partial charge in [-0.3, -0.25) is 24.2 Å². The molecule has 228 valence electrons. The van der Waals surface area contributed by atoms with E-state index in [0.29, 0.717) is 32.3 Å². The number of hydrogen-bond acceptors (Lipinski definition) is 7. The maximum absolute atomic E-state index is 12.8. The average molecular weight is 588 g/mol. The van der Waals surface area contributed by atoms with E-state index in [2.05, 4.69) is 15.6 Å². The summed E-state index contributed by atoms with van der Waals surface area (Å²) in [5.41, 5.74) is 4.25. The molecule has 0 aliphatic rings. The zero-order chi connectivity index (χ0) is 30.9. The second kappa shape index (κ2) is 18.1. The maximum Gasteiger partial charge on any atom is 0.308 e. The first-order chi connectivity index (χ1) is 20.8. The normalized spacial score (nSPS) is 12.0. The Labute approximate surface area is 253 Å². The van der Waals surface area contributed by atoms with E-state index in [9.17, 15) is 19.2 Å². The molecule has 9 nitrogen and oxygen atoms in total. The number of carbonyl (C=O) groups is 4. The summed E-state index contributed by atoms with van der Waals surface area (Å²) in [7, 11) is 0. The fourth-order valence-electron chi connectivity index (χ4n) is 4.59. The van der Waals surface area contributed by atoms with Crippen LogP contribution in [-0.2, 0) is 41.5 Å². The van der Waals surface area contributed by atoms with Gasteiger partial charge in [0.05, 0.1) is 25.5 Å². The lowest BCUT2D eigenvalue weighted by Gasteiger charge is -2.22. The molecule has 43 heavy (non-hydrogen) atoms. The predicted octanol–water partition coefficient (Wildman–Crippen LogP) is 4.44. The third-order valence-electron chi connectivity index (χ3n) is 6.87. The second-order valence-electron chi connectivity index (χ2n) is 10.3. The highest BCUT2D eigenvalue weighted by molar-refractivity contribution is 5.81. The number of pyridine rings is 1. The number of rotatable bonds is 17. The topological polar surface area (TPSA) is 124 Å². The van der Waals surface area contributed by atoms with Gasteiger partial charge in [-0.05, 0) is 60.6 Å². The van der Waals surface area contributed by atoms with Crippen LogP contribution in [0.5, 0.6) is 0 Å². The molecular weight excluding hydrogens is 546 g/mol. The summed E-state index contributed by atoms with van der Waals surface area (Å²) in [4.78, 5) is 53.2. The molecule has 0 spiro atoms. The molecule has 0 saturated heterocycles. The first-order valence-electron chi connectivity index (χ1n) is 14.8. The molecule has 0 saturated carbocycles. The van der Waals surface area contributed by atoms with E-state index in [1.807, 2.05) is 66.7 Å². The predicted molar refractivity (Wildman–Crippen MR) is 164 cm³/mol. The molecule has 0 bridgehead atoms. The SMILES string of the molecule is CCOC(=O)[C@H](C)C[C@@H](Cc1ccc(-c2ccccc2)cc1)NC(=O)CCC(=O)OCCNC(=O)CCc1ccncc1. The molecule has 2 N–H and O–H groups in total. The summed E-state index contributed by atoms with van der Waals surface area (Å²) in [5, 5.41) is 5.71. The summed E-state index contributed by atoms with van der Waals surface area (Å²) >= 11 is 0. The molecule has 3 aromatic rings. The number of esters is 2. The van der Waals surface area contributed by atoms with Crippen LogP contribution in [0.1, 0.15) is 50.7 Å². The molecule has 2 aromatic carbocycles. The van der Waals surface area contributed by atoms with E-state index in [1.165, 1.54) is 0 Å². The maximum atomic E-state index is 12.8. The standard InChI is InChI=1S/C34H41N3O6/c1-3-42-34(41)25(2)23-30(24-27-9-12-29(13-10-27)28-7-5-4-6-8-28)37-32(39)15-16-33(40)43-22-21-36-31(38)14-11-26-17-19-35-20-18-26/h4-10,12-13,17-20,25,30H,3,11,14-16,21-24H2,1-2H3,(H,36,38)(H,37,39)/t25-,30+/m1/s1. The average Bonchev–Trinajstić information content (AvgIpc) is 3.02. The summed E-state index contributed by atoms with van der Waals surface area (Å²) in [6.07, 6.45) is 5.07. The lowest BCUT2D eigenvalue weighted by molar-refractivity contribution is -0.148. The number of carbonyl (C=O) groups excluding carboxylic acids is 4. The Balaban J connectivity index is 1.43. The van der Waals surface area contributed by atoms with E-state index < -0.39 is 11.9 Å². The minimum Gasteiger partial charge on any atom is -0.466 e. The molecule has 2 amide bonds. The fourth-order valence-corrected chi connectivity index (χ4v) is 4.59. The number of benzene rings is 2. The van der Waals surface area contributed by atoms with Crippen LogP contribution in [0.4, 0.5) is 0 Å². The van der Waals surface area contributed by atoms with Crippen molar-refractivity contribution in [2.24, 2.45) is 5.92 Å². The van der Waals surface area contributed by atoms with Gasteiger partial charge in [-0.1, -0.05) is 61.5 Å². The zero-order valence-electron chi connectivity index (χ0n) is 24.9. The van der Waals surface area contributed by atoms with Gasteiger partial charge in [0.2, 0.25) is 11.8 Å². The largest absolute Gasteiger partial charge is 0.466 e.